The third kappa shape index (κ3) is 3.46. The highest BCUT2D eigenvalue weighted by molar-refractivity contribution is 9.09. The lowest BCUT2D eigenvalue weighted by atomic mass is 9.80. The summed E-state index contributed by atoms with van der Waals surface area (Å²) in [6.45, 7) is 4.98. The quantitative estimate of drug-likeness (QED) is 0.401. The van der Waals surface area contributed by atoms with E-state index in [2.05, 4.69) is 57.5 Å². The van der Waals surface area contributed by atoms with Crippen LogP contribution in [0.4, 0.5) is 0 Å². The third-order valence-corrected chi connectivity index (χ3v) is 11.6. The van der Waals surface area contributed by atoms with Gasteiger partial charge in [-0.15, -0.1) is 0 Å². The Morgan fingerprint density at radius 3 is 1.43 bits per heavy atom. The molecule has 0 saturated heterocycles. The maximum atomic E-state index is 4.02. The number of alkyl halides is 2. The van der Waals surface area contributed by atoms with Gasteiger partial charge in [-0.05, 0) is 86.9 Å². The Labute approximate surface area is 164 Å². The van der Waals surface area contributed by atoms with Gasteiger partial charge in [0.2, 0.25) is 0 Å². The first-order valence-corrected chi connectivity index (χ1v) is 12.7. The number of thioether (sulfide) groups is 1. The molecule has 0 heterocycles. The van der Waals surface area contributed by atoms with Crippen LogP contribution < -0.4 is 0 Å². The fraction of sp³-hybridized carbons (Fsp3) is 1.00. The number of halogens is 2. The second-order valence-electron chi connectivity index (χ2n) is 9.21. The Morgan fingerprint density at radius 2 is 1.00 bits per heavy atom. The van der Waals surface area contributed by atoms with Crippen LogP contribution >= 0.6 is 43.6 Å². The van der Waals surface area contributed by atoms with Gasteiger partial charge in [-0.2, -0.15) is 11.8 Å². The van der Waals surface area contributed by atoms with Gasteiger partial charge in [0, 0.05) is 20.2 Å². The molecule has 0 radical (unpaired) electrons. The molecule has 4 aliphatic rings. The minimum atomic E-state index is 0.812. The molecule has 4 saturated carbocycles. The van der Waals surface area contributed by atoms with E-state index in [0.29, 0.717) is 0 Å². The molecule has 0 aliphatic heterocycles. The Hall–Kier alpha value is 1.31. The zero-order chi connectivity index (χ0) is 16.1. The molecule has 0 nitrogen and oxygen atoms in total. The maximum absolute atomic E-state index is 4.02. The zero-order valence-corrected chi connectivity index (χ0v) is 18.6. The Bertz CT molecular complexity index is 390. The van der Waals surface area contributed by atoms with E-state index in [-0.39, 0.29) is 0 Å². The van der Waals surface area contributed by atoms with Crippen molar-refractivity contribution in [1.29, 1.82) is 0 Å². The highest BCUT2D eigenvalue weighted by atomic mass is 79.9. The lowest BCUT2D eigenvalue weighted by Gasteiger charge is -2.43. The lowest BCUT2D eigenvalue weighted by Crippen LogP contribution is -2.38. The molecule has 0 aromatic heterocycles. The second kappa shape index (κ2) is 7.14. The molecule has 0 N–H and O–H groups in total. The Morgan fingerprint density at radius 1 is 0.609 bits per heavy atom. The monoisotopic (exact) mass is 462 g/mol. The van der Waals surface area contributed by atoms with E-state index in [1.54, 1.807) is 0 Å². The molecule has 0 aromatic rings. The summed E-state index contributed by atoms with van der Waals surface area (Å²) >= 11 is 10.5. The smallest absolute Gasteiger partial charge is 0.0177 e. The molecule has 3 heteroatoms. The summed E-state index contributed by atoms with van der Waals surface area (Å²) in [4.78, 5) is 1.62. The minimum absolute atomic E-state index is 0.812. The van der Waals surface area contributed by atoms with Crippen LogP contribution in [0.15, 0.2) is 0 Å². The number of hydrogen-bond donors (Lipinski definition) is 0. The first kappa shape index (κ1) is 17.7. The average Bonchev–Trinajstić information content (AvgIpc) is 3.08. The molecule has 4 fully saturated rings. The SMILES string of the molecule is CC1CC2C(Br)CCC(SC3CCC(Br)C4CC(C)CC34)C2C1. The summed E-state index contributed by atoms with van der Waals surface area (Å²) in [5.41, 5.74) is 0. The van der Waals surface area contributed by atoms with Crippen LogP contribution in [0.5, 0.6) is 0 Å². The summed E-state index contributed by atoms with van der Waals surface area (Å²) in [6, 6.07) is 0. The molecule has 4 rings (SSSR count). The number of rotatable bonds is 2. The van der Waals surface area contributed by atoms with Crippen LogP contribution in [-0.4, -0.2) is 20.2 Å². The molecule has 0 aromatic carbocycles. The lowest BCUT2D eigenvalue weighted by molar-refractivity contribution is 0.284. The molecule has 0 bridgehead atoms. The first-order valence-electron chi connectivity index (χ1n) is 9.96. The molecular weight excluding hydrogens is 432 g/mol. The van der Waals surface area contributed by atoms with Gasteiger partial charge in [-0.3, -0.25) is 0 Å². The molecule has 0 amide bonds. The van der Waals surface area contributed by atoms with E-state index in [1.807, 2.05) is 0 Å². The molecule has 10 unspecified atom stereocenters. The maximum Gasteiger partial charge on any atom is 0.0177 e. The summed E-state index contributed by atoms with van der Waals surface area (Å²) in [7, 11) is 0. The van der Waals surface area contributed by atoms with Crippen LogP contribution in [0.3, 0.4) is 0 Å². The van der Waals surface area contributed by atoms with Crippen molar-refractivity contribution in [3.05, 3.63) is 0 Å². The second-order valence-corrected chi connectivity index (χ2v) is 13.0. The Balaban J connectivity index is 1.45. The zero-order valence-electron chi connectivity index (χ0n) is 14.6. The van der Waals surface area contributed by atoms with Gasteiger partial charge in [0.15, 0.2) is 0 Å². The average molecular weight is 464 g/mol. The van der Waals surface area contributed by atoms with Crippen molar-refractivity contribution in [3.63, 3.8) is 0 Å². The topological polar surface area (TPSA) is 0 Å². The van der Waals surface area contributed by atoms with E-state index in [1.165, 1.54) is 51.4 Å². The van der Waals surface area contributed by atoms with Gasteiger partial charge in [-0.1, -0.05) is 45.7 Å². The van der Waals surface area contributed by atoms with Crippen LogP contribution in [0.1, 0.15) is 65.2 Å². The van der Waals surface area contributed by atoms with Crippen molar-refractivity contribution < 1.29 is 0 Å². The molecule has 132 valence electrons. The van der Waals surface area contributed by atoms with Gasteiger partial charge in [0.05, 0.1) is 0 Å². The molecular formula is C20H32Br2S. The van der Waals surface area contributed by atoms with E-state index >= 15 is 0 Å². The fourth-order valence-corrected chi connectivity index (χ4v) is 10.3. The van der Waals surface area contributed by atoms with Gasteiger partial charge < -0.3 is 0 Å². The summed E-state index contributed by atoms with van der Waals surface area (Å²) < 4.78 is 0. The fourth-order valence-electron chi connectivity index (χ4n) is 6.50. The summed E-state index contributed by atoms with van der Waals surface area (Å²) in [6.07, 6.45) is 11.7. The first-order chi connectivity index (χ1) is 11.0. The van der Waals surface area contributed by atoms with Crippen molar-refractivity contribution in [3.8, 4) is 0 Å². The normalized spacial score (nSPS) is 56.3. The molecule has 23 heavy (non-hydrogen) atoms. The molecule has 10 atom stereocenters. The van der Waals surface area contributed by atoms with Crippen molar-refractivity contribution in [2.75, 3.05) is 0 Å². The van der Waals surface area contributed by atoms with Crippen LogP contribution in [0.25, 0.3) is 0 Å². The largest absolute Gasteiger partial charge is 0.155 e. The number of hydrogen-bond acceptors (Lipinski definition) is 1. The van der Waals surface area contributed by atoms with Crippen molar-refractivity contribution >= 4 is 43.6 Å². The van der Waals surface area contributed by atoms with Crippen molar-refractivity contribution in [2.45, 2.75) is 85.4 Å². The van der Waals surface area contributed by atoms with E-state index in [0.717, 1.165) is 55.7 Å². The van der Waals surface area contributed by atoms with Gasteiger partial charge >= 0.3 is 0 Å². The Kier molecular flexibility index (Phi) is 5.50. The summed E-state index contributed by atoms with van der Waals surface area (Å²) in [5, 5.41) is 1.93. The van der Waals surface area contributed by atoms with Gasteiger partial charge in [-0.25, -0.2) is 0 Å². The third-order valence-electron chi connectivity index (χ3n) is 7.49. The van der Waals surface area contributed by atoms with E-state index < -0.39 is 0 Å². The highest BCUT2D eigenvalue weighted by Crippen LogP contribution is 2.56. The molecule has 4 aliphatic carbocycles. The summed E-state index contributed by atoms with van der Waals surface area (Å²) in [5.74, 6) is 5.89. The predicted octanol–water partition coefficient (Wildman–Crippen LogP) is 6.90. The van der Waals surface area contributed by atoms with E-state index in [9.17, 15) is 0 Å². The van der Waals surface area contributed by atoms with Crippen LogP contribution in [0.2, 0.25) is 0 Å². The van der Waals surface area contributed by atoms with Gasteiger partial charge in [0.1, 0.15) is 0 Å². The highest BCUT2D eigenvalue weighted by Gasteiger charge is 2.48. The predicted molar refractivity (Wildman–Crippen MR) is 110 cm³/mol. The van der Waals surface area contributed by atoms with Crippen LogP contribution in [0, 0.1) is 35.5 Å². The minimum Gasteiger partial charge on any atom is -0.155 e. The van der Waals surface area contributed by atoms with E-state index in [4.69, 9.17) is 0 Å². The molecule has 0 spiro atoms. The van der Waals surface area contributed by atoms with Gasteiger partial charge in [0.25, 0.3) is 0 Å². The number of fused-ring (bicyclic) bond motifs is 2. The standard InChI is InChI=1S/C20H32Br2S/c1-11-7-13-15(9-11)19(5-3-17(13)21)23-20-6-4-18(22)14-8-12(2)10-16(14)20/h11-20H,3-10H2,1-2H3. The van der Waals surface area contributed by atoms with Crippen molar-refractivity contribution in [2.24, 2.45) is 35.5 Å². The van der Waals surface area contributed by atoms with Crippen molar-refractivity contribution in [1.82, 2.24) is 0 Å². The van der Waals surface area contributed by atoms with Crippen LogP contribution in [-0.2, 0) is 0 Å².